The molecule has 0 amide bonds. The van der Waals surface area contributed by atoms with E-state index >= 15 is 0 Å². The van der Waals surface area contributed by atoms with E-state index in [1.807, 2.05) is 0 Å². The molecule has 0 bridgehead atoms. The molecule has 0 nitrogen and oxygen atoms in total. The Morgan fingerprint density at radius 3 is 0.600 bits per heavy atom. The second-order valence-corrected chi connectivity index (χ2v) is 0. The summed E-state index contributed by atoms with van der Waals surface area (Å²) >= 11 is 0. The summed E-state index contributed by atoms with van der Waals surface area (Å²) in [4.78, 5) is 0. The molecule has 0 saturated heterocycles. The Hall–Kier alpha value is 1.90. The van der Waals surface area contributed by atoms with Gasteiger partial charge in [0.2, 0.25) is 0 Å². The summed E-state index contributed by atoms with van der Waals surface area (Å²) in [5, 5.41) is 0. The van der Waals surface area contributed by atoms with Crippen LogP contribution in [0.4, 0.5) is 0 Å². The Balaban J connectivity index is 0. The van der Waals surface area contributed by atoms with Crippen LogP contribution in [-0.2, 0) is 22.4 Å². The van der Waals surface area contributed by atoms with Gasteiger partial charge >= 0.3 is 1.43 Å². The van der Waals surface area contributed by atoms with Crippen LogP contribution >= 0.6 is 49.6 Å². The summed E-state index contributed by atoms with van der Waals surface area (Å²) < 4.78 is 0. The van der Waals surface area contributed by atoms with E-state index in [-0.39, 0.29) is 73.4 Å². The summed E-state index contributed by atoms with van der Waals surface area (Å²) in [5.74, 6) is 0. The summed E-state index contributed by atoms with van der Waals surface area (Å²) in [6.45, 7) is 0. The van der Waals surface area contributed by atoms with E-state index in [1.165, 1.54) is 0 Å². The van der Waals surface area contributed by atoms with Crippen LogP contribution in [0.25, 0.3) is 0 Å². The third kappa shape index (κ3) is 24.9. The van der Waals surface area contributed by atoms with Gasteiger partial charge in [0.1, 0.15) is 0 Å². The van der Waals surface area contributed by atoms with Gasteiger partial charge in [-0.15, -0.1) is 49.6 Å². The van der Waals surface area contributed by atoms with E-state index in [0.717, 1.165) is 0 Å². The van der Waals surface area contributed by atoms with Crippen LogP contribution in [0.3, 0.4) is 0 Å². The summed E-state index contributed by atoms with van der Waals surface area (Å²) in [7, 11) is 0. The maximum atomic E-state index is 0. The quantitative estimate of drug-likeness (QED) is 0.588. The van der Waals surface area contributed by atoms with Crippen LogP contribution in [0.1, 0.15) is 1.43 Å². The van der Waals surface area contributed by atoms with Crippen molar-refractivity contribution in [2.75, 3.05) is 0 Å². The van der Waals surface area contributed by atoms with Crippen molar-refractivity contribution in [3.8, 4) is 0 Å². The SMILES string of the molecule is Cl.Cl.Cl.Cl.[Au].[H+]. The van der Waals surface area contributed by atoms with Gasteiger partial charge in [0.15, 0.2) is 0 Å². The third-order valence-electron chi connectivity index (χ3n) is 0. The van der Waals surface area contributed by atoms with Crippen molar-refractivity contribution >= 4 is 49.6 Å². The minimum atomic E-state index is 0. The van der Waals surface area contributed by atoms with Crippen LogP contribution in [-0.4, -0.2) is 0 Å². The van der Waals surface area contributed by atoms with Crippen LogP contribution in [0.2, 0.25) is 0 Å². The van der Waals surface area contributed by atoms with Gasteiger partial charge in [-0.25, -0.2) is 0 Å². The molecule has 0 saturated carbocycles. The van der Waals surface area contributed by atoms with Crippen LogP contribution in [0, 0.1) is 0 Å². The fourth-order valence-corrected chi connectivity index (χ4v) is 0. The molecule has 43 valence electrons. The first-order valence-corrected chi connectivity index (χ1v) is 0. The van der Waals surface area contributed by atoms with Crippen molar-refractivity contribution in [1.29, 1.82) is 0 Å². The number of halogens is 4. The molecule has 0 aliphatic heterocycles. The third-order valence-corrected chi connectivity index (χ3v) is 0. The van der Waals surface area contributed by atoms with Gasteiger partial charge in [-0.1, -0.05) is 0 Å². The van der Waals surface area contributed by atoms with E-state index in [4.69, 9.17) is 0 Å². The molecule has 5 heteroatoms. The molecule has 5 heavy (non-hydrogen) atoms. The largest absolute Gasteiger partial charge is 1.00 e. The predicted molar refractivity (Wildman–Crippen MR) is 30.1 cm³/mol. The summed E-state index contributed by atoms with van der Waals surface area (Å²) in [6.07, 6.45) is 0. The van der Waals surface area contributed by atoms with E-state index in [0.29, 0.717) is 0 Å². The molecule has 0 N–H and O–H groups in total. The van der Waals surface area contributed by atoms with Gasteiger partial charge in [0.25, 0.3) is 0 Å². The zero-order valence-corrected chi connectivity index (χ0v) is 7.37. The molecule has 0 aliphatic rings. The molecule has 0 unspecified atom stereocenters. The second kappa shape index (κ2) is 39.2. The molecular formula is H5AuCl4+. The van der Waals surface area contributed by atoms with Crippen molar-refractivity contribution < 1.29 is 23.8 Å². The first kappa shape index (κ1) is 66.5. The van der Waals surface area contributed by atoms with Crippen molar-refractivity contribution in [2.24, 2.45) is 0 Å². The van der Waals surface area contributed by atoms with Crippen molar-refractivity contribution in [2.45, 2.75) is 0 Å². The minimum Gasteiger partial charge on any atom is -0.147 e. The Morgan fingerprint density at radius 2 is 0.600 bits per heavy atom. The second-order valence-electron chi connectivity index (χ2n) is 0. The smallest absolute Gasteiger partial charge is 0.147 e. The molecular weight excluding hydrogens is 339 g/mol. The van der Waals surface area contributed by atoms with Crippen molar-refractivity contribution in [3.05, 3.63) is 0 Å². The van der Waals surface area contributed by atoms with Crippen molar-refractivity contribution in [1.82, 2.24) is 0 Å². The normalized spacial score (nSPS) is 0. The van der Waals surface area contributed by atoms with Gasteiger partial charge < -0.3 is 0 Å². The van der Waals surface area contributed by atoms with E-state index in [2.05, 4.69) is 0 Å². The molecule has 0 aromatic heterocycles. The minimum absolute atomic E-state index is 0. The Morgan fingerprint density at radius 1 is 0.600 bits per heavy atom. The molecule has 0 heterocycles. The molecule has 0 fully saturated rings. The zero-order chi connectivity index (χ0) is 0. The fraction of sp³-hybridized carbons (Fsp3) is 0. The molecule has 0 rings (SSSR count). The Kier molecular flexibility index (Phi) is 522. The fourth-order valence-electron chi connectivity index (χ4n) is 0. The van der Waals surface area contributed by atoms with Crippen LogP contribution < -0.4 is 0 Å². The van der Waals surface area contributed by atoms with Gasteiger partial charge in [0, 0.05) is 22.4 Å². The molecule has 0 aliphatic carbocycles. The standard InChI is InChI=1S/Au.4ClH/h;4*1H/p+1. The maximum absolute atomic E-state index is 0. The first-order valence-electron chi connectivity index (χ1n) is 0. The summed E-state index contributed by atoms with van der Waals surface area (Å²) in [6, 6.07) is 0. The number of hydrogen-bond acceptors (Lipinski definition) is 0. The Bertz CT molecular complexity index is 7.51. The van der Waals surface area contributed by atoms with Gasteiger partial charge in [-0.05, 0) is 0 Å². The monoisotopic (exact) mass is 342 g/mol. The molecule has 0 spiro atoms. The molecule has 0 atom stereocenters. The average Bonchev–Trinajstić information content (AvgIpc) is 0. The molecule has 0 aromatic carbocycles. The topological polar surface area (TPSA) is 0 Å². The number of hydrogen-bond donors (Lipinski definition) is 0. The van der Waals surface area contributed by atoms with Crippen molar-refractivity contribution in [3.63, 3.8) is 0 Å². The Labute approximate surface area is 73.1 Å². The van der Waals surface area contributed by atoms with E-state index < -0.39 is 0 Å². The predicted octanol–water partition coefficient (Wildman–Crippen LogP) is 1.80. The number of rotatable bonds is 0. The molecule has 0 aromatic rings. The van der Waals surface area contributed by atoms with Crippen LogP contribution in [0.5, 0.6) is 0 Å². The van der Waals surface area contributed by atoms with Gasteiger partial charge in [-0.2, -0.15) is 0 Å². The summed E-state index contributed by atoms with van der Waals surface area (Å²) in [5.41, 5.74) is 0. The first-order chi connectivity index (χ1) is 0. The van der Waals surface area contributed by atoms with E-state index in [1.54, 1.807) is 0 Å². The van der Waals surface area contributed by atoms with E-state index in [9.17, 15) is 0 Å². The van der Waals surface area contributed by atoms with Crippen LogP contribution in [0.15, 0.2) is 0 Å². The maximum Gasteiger partial charge on any atom is 1.00 e. The van der Waals surface area contributed by atoms with Gasteiger partial charge in [-0.3, -0.25) is 0 Å². The van der Waals surface area contributed by atoms with Gasteiger partial charge in [0.05, 0.1) is 0 Å². The average molecular weight is 344 g/mol. The molecule has 1 radical (unpaired) electrons. The zero-order valence-electron chi connectivity index (χ0n) is 2.93.